The standard InChI is InChI=1S/C31H35ClN4O6/c1-29(2,3)40-26(37)35(27(38)41-30(4,5)6)25-23(20-14-16-22(32)17-15-20)24(21-12-10-19(18-33)11-13-21)34-36(25)28(39)42-31(7,8)9/h10-17H,1-9H3. The summed E-state index contributed by atoms with van der Waals surface area (Å²) < 4.78 is 17.7. The van der Waals surface area contributed by atoms with Crippen LogP contribution >= 0.6 is 11.6 Å². The van der Waals surface area contributed by atoms with E-state index in [4.69, 9.17) is 25.8 Å². The minimum atomic E-state index is -1.09. The molecule has 0 bridgehead atoms. The van der Waals surface area contributed by atoms with Crippen molar-refractivity contribution in [3.63, 3.8) is 0 Å². The van der Waals surface area contributed by atoms with Gasteiger partial charge in [-0.15, -0.1) is 4.68 Å². The molecule has 0 aliphatic heterocycles. The molecule has 0 atom stereocenters. The highest BCUT2D eigenvalue weighted by atomic mass is 35.5. The molecule has 1 heterocycles. The van der Waals surface area contributed by atoms with Gasteiger partial charge in [-0.25, -0.2) is 14.4 Å². The number of carbonyl (C=O) groups is 3. The smallest absolute Gasteiger partial charge is 0.437 e. The fourth-order valence-corrected chi connectivity index (χ4v) is 3.82. The summed E-state index contributed by atoms with van der Waals surface area (Å²) in [5.41, 5.74) is -1.15. The molecule has 0 saturated carbocycles. The highest BCUT2D eigenvalue weighted by molar-refractivity contribution is 6.30. The van der Waals surface area contributed by atoms with E-state index in [0.717, 1.165) is 4.68 Å². The Morgan fingerprint density at radius 3 is 1.64 bits per heavy atom. The van der Waals surface area contributed by atoms with Crippen LogP contribution in [0.2, 0.25) is 5.02 Å². The molecule has 0 N–H and O–H groups in total. The van der Waals surface area contributed by atoms with Crippen molar-refractivity contribution in [1.82, 2.24) is 9.78 Å². The molecule has 0 radical (unpaired) electrons. The van der Waals surface area contributed by atoms with Gasteiger partial charge in [0.1, 0.15) is 22.5 Å². The van der Waals surface area contributed by atoms with Crippen molar-refractivity contribution in [3.05, 3.63) is 59.1 Å². The maximum Gasteiger partial charge on any atom is 0.437 e. The van der Waals surface area contributed by atoms with Gasteiger partial charge in [0.05, 0.1) is 17.2 Å². The maximum absolute atomic E-state index is 13.8. The van der Waals surface area contributed by atoms with E-state index < -0.39 is 35.1 Å². The molecule has 0 spiro atoms. The van der Waals surface area contributed by atoms with Crippen LogP contribution in [0.4, 0.5) is 20.2 Å². The fourth-order valence-electron chi connectivity index (χ4n) is 3.70. The third kappa shape index (κ3) is 8.10. The van der Waals surface area contributed by atoms with Crippen LogP contribution in [-0.4, -0.2) is 44.9 Å². The Balaban J connectivity index is 2.48. The normalized spacial score (nSPS) is 11.8. The maximum atomic E-state index is 13.8. The van der Waals surface area contributed by atoms with Crippen molar-refractivity contribution in [2.45, 2.75) is 79.1 Å². The van der Waals surface area contributed by atoms with E-state index >= 15 is 0 Å². The first kappa shape index (κ1) is 32.2. The minimum absolute atomic E-state index is 0.221. The summed E-state index contributed by atoms with van der Waals surface area (Å²) in [7, 11) is 0. The monoisotopic (exact) mass is 594 g/mol. The zero-order chi connectivity index (χ0) is 31.6. The van der Waals surface area contributed by atoms with Crippen LogP contribution < -0.4 is 4.90 Å². The molecule has 0 aliphatic rings. The Hall–Kier alpha value is -4.36. The number of nitrogens with zero attached hydrogens (tertiary/aromatic N) is 4. The number of halogens is 1. The van der Waals surface area contributed by atoms with Crippen LogP contribution in [0.5, 0.6) is 0 Å². The van der Waals surface area contributed by atoms with Crippen molar-refractivity contribution in [2.75, 3.05) is 4.90 Å². The van der Waals surface area contributed by atoms with Crippen LogP contribution in [0.15, 0.2) is 48.5 Å². The molecular weight excluding hydrogens is 560 g/mol. The average Bonchev–Trinajstić information content (AvgIpc) is 3.21. The van der Waals surface area contributed by atoms with Crippen LogP contribution in [0.25, 0.3) is 22.4 Å². The van der Waals surface area contributed by atoms with Crippen molar-refractivity contribution in [1.29, 1.82) is 5.26 Å². The number of rotatable bonds is 3. The molecule has 0 fully saturated rings. The Morgan fingerprint density at radius 2 is 1.21 bits per heavy atom. The van der Waals surface area contributed by atoms with Crippen LogP contribution in [0.3, 0.4) is 0 Å². The Bertz CT molecular complexity index is 1490. The second kappa shape index (κ2) is 11.9. The molecule has 42 heavy (non-hydrogen) atoms. The third-order valence-corrected chi connectivity index (χ3v) is 5.46. The number of benzene rings is 2. The molecule has 222 valence electrons. The number of carbonyl (C=O) groups excluding carboxylic acids is 3. The van der Waals surface area contributed by atoms with Gasteiger partial charge in [0.25, 0.3) is 0 Å². The lowest BCUT2D eigenvalue weighted by Crippen LogP contribution is -2.45. The zero-order valence-corrected chi connectivity index (χ0v) is 26.0. The summed E-state index contributed by atoms with van der Waals surface area (Å²) in [6.07, 6.45) is -3.14. The molecule has 2 aromatic carbocycles. The summed E-state index contributed by atoms with van der Waals surface area (Å²) in [5, 5.41) is 14.3. The van der Waals surface area contributed by atoms with Crippen LogP contribution in [0, 0.1) is 11.3 Å². The second-order valence-corrected chi connectivity index (χ2v) is 12.9. The van der Waals surface area contributed by atoms with E-state index in [2.05, 4.69) is 11.2 Å². The molecule has 3 aromatic rings. The predicted octanol–water partition coefficient (Wildman–Crippen LogP) is 8.20. The van der Waals surface area contributed by atoms with Gasteiger partial charge in [-0.05, 0) is 92.1 Å². The van der Waals surface area contributed by atoms with E-state index in [1.807, 2.05) is 0 Å². The van der Waals surface area contributed by atoms with Crippen molar-refractivity contribution < 1.29 is 28.6 Å². The topological polar surface area (TPSA) is 124 Å². The third-order valence-electron chi connectivity index (χ3n) is 5.21. The van der Waals surface area contributed by atoms with Gasteiger partial charge in [-0.2, -0.15) is 15.3 Å². The summed E-state index contributed by atoms with van der Waals surface area (Å²) in [4.78, 5) is 41.8. The number of hydrogen-bond donors (Lipinski definition) is 0. The Morgan fingerprint density at radius 1 is 0.762 bits per heavy atom. The number of hydrogen-bond acceptors (Lipinski definition) is 8. The minimum Gasteiger partial charge on any atom is -0.443 e. The van der Waals surface area contributed by atoms with E-state index in [1.54, 1.807) is 111 Å². The molecule has 2 amide bonds. The average molecular weight is 595 g/mol. The van der Waals surface area contributed by atoms with Gasteiger partial charge in [-0.3, -0.25) is 0 Å². The van der Waals surface area contributed by atoms with Crippen LogP contribution in [0.1, 0.15) is 67.9 Å². The van der Waals surface area contributed by atoms with Gasteiger partial charge in [0.15, 0.2) is 5.82 Å². The number of aromatic nitrogens is 2. The zero-order valence-electron chi connectivity index (χ0n) is 25.2. The van der Waals surface area contributed by atoms with Crippen molar-refractivity contribution in [2.24, 2.45) is 0 Å². The second-order valence-electron chi connectivity index (χ2n) is 12.4. The molecule has 11 heteroatoms. The highest BCUT2D eigenvalue weighted by Gasteiger charge is 2.40. The summed E-state index contributed by atoms with van der Waals surface area (Å²) in [6, 6.07) is 15.1. The molecule has 1 aromatic heterocycles. The lowest BCUT2D eigenvalue weighted by atomic mass is 9.99. The summed E-state index contributed by atoms with van der Waals surface area (Å²) in [6.45, 7) is 14.9. The molecular formula is C31H35ClN4O6. The Kier molecular flexibility index (Phi) is 9.08. The van der Waals surface area contributed by atoms with Crippen molar-refractivity contribution >= 4 is 35.7 Å². The highest BCUT2D eigenvalue weighted by Crippen LogP contribution is 2.41. The Labute approximate surface area is 250 Å². The van der Waals surface area contributed by atoms with Gasteiger partial charge in [0.2, 0.25) is 0 Å². The van der Waals surface area contributed by atoms with Crippen LogP contribution in [-0.2, 0) is 14.2 Å². The van der Waals surface area contributed by atoms with Gasteiger partial charge in [-0.1, -0.05) is 35.9 Å². The fraction of sp³-hybridized carbons (Fsp3) is 0.387. The number of imide groups is 1. The van der Waals surface area contributed by atoms with Crippen molar-refractivity contribution in [3.8, 4) is 28.5 Å². The predicted molar refractivity (Wildman–Crippen MR) is 159 cm³/mol. The van der Waals surface area contributed by atoms with E-state index in [0.29, 0.717) is 26.6 Å². The molecule has 10 nitrogen and oxygen atoms in total. The number of amides is 2. The largest absolute Gasteiger partial charge is 0.443 e. The summed E-state index contributed by atoms with van der Waals surface area (Å²) >= 11 is 6.18. The lowest BCUT2D eigenvalue weighted by Gasteiger charge is -2.29. The number of ether oxygens (including phenoxy) is 3. The number of nitriles is 1. The SMILES string of the molecule is CC(C)(C)OC(=O)N(C(=O)OC(C)(C)C)c1c(-c2ccc(Cl)cc2)c(-c2ccc(C#N)cc2)nn1C(=O)OC(C)(C)C. The van der Waals surface area contributed by atoms with Gasteiger partial charge in [0, 0.05) is 10.6 Å². The van der Waals surface area contributed by atoms with E-state index in [-0.39, 0.29) is 17.1 Å². The van der Waals surface area contributed by atoms with E-state index in [9.17, 15) is 19.6 Å². The first-order valence-corrected chi connectivity index (χ1v) is 13.6. The lowest BCUT2D eigenvalue weighted by molar-refractivity contribution is 0.0423. The summed E-state index contributed by atoms with van der Waals surface area (Å²) in [5.74, 6) is -0.255. The molecule has 0 unspecified atom stereocenters. The van der Waals surface area contributed by atoms with E-state index in [1.165, 1.54) is 0 Å². The first-order chi connectivity index (χ1) is 19.3. The molecule has 0 saturated heterocycles. The molecule has 3 rings (SSSR count). The van der Waals surface area contributed by atoms with Gasteiger partial charge < -0.3 is 14.2 Å². The quantitative estimate of drug-likeness (QED) is 0.278. The number of anilines is 1. The van der Waals surface area contributed by atoms with Gasteiger partial charge >= 0.3 is 18.3 Å². The first-order valence-electron chi connectivity index (χ1n) is 13.2. The molecule has 0 aliphatic carbocycles.